The Morgan fingerprint density at radius 1 is 1.09 bits per heavy atom. The second kappa shape index (κ2) is 10.4. The standard InChI is InChI=1S/C26H31BrN4O3/c27-21-8-9-23-20(17-21)18-25(34-23)31(26(28)32)12-4-3-11-29-13-15-30(16-14-29)24-10-7-19-5-1-2-6-22(19)33-24/h1-2,5-6,8-9,17-18,24H,3-4,7,10-16H2,(H2,28,32). The molecule has 0 radical (unpaired) electrons. The fourth-order valence-electron chi connectivity index (χ4n) is 4.91. The number of para-hydroxylation sites is 1. The SMILES string of the molecule is NC(=O)N(CCCCN1CCN(C2CCc3ccccc3O2)CC1)c1cc2cc(Br)ccc2o1. The number of nitrogens with zero attached hydrogens (tertiary/aromatic N) is 3. The molecule has 34 heavy (non-hydrogen) atoms. The minimum Gasteiger partial charge on any atom is -0.475 e. The number of halogens is 1. The molecule has 3 aromatic rings. The van der Waals surface area contributed by atoms with Crippen molar-refractivity contribution in [1.82, 2.24) is 9.80 Å². The van der Waals surface area contributed by atoms with Gasteiger partial charge in [-0.15, -0.1) is 0 Å². The van der Waals surface area contributed by atoms with Crippen molar-refractivity contribution in [2.45, 2.75) is 31.9 Å². The van der Waals surface area contributed by atoms with Gasteiger partial charge < -0.3 is 19.8 Å². The van der Waals surface area contributed by atoms with E-state index in [0.29, 0.717) is 12.4 Å². The molecule has 1 fully saturated rings. The first-order valence-electron chi connectivity index (χ1n) is 12.0. The van der Waals surface area contributed by atoms with E-state index in [1.807, 2.05) is 30.3 Å². The Hall–Kier alpha value is -2.55. The molecule has 3 heterocycles. The van der Waals surface area contributed by atoms with Gasteiger partial charge in [-0.05, 0) is 55.6 Å². The molecule has 1 unspecified atom stereocenters. The van der Waals surface area contributed by atoms with Gasteiger partial charge in [0.2, 0.25) is 5.88 Å². The van der Waals surface area contributed by atoms with Crippen molar-refractivity contribution >= 4 is 38.8 Å². The Morgan fingerprint density at radius 2 is 1.91 bits per heavy atom. The van der Waals surface area contributed by atoms with Gasteiger partial charge in [0.05, 0.1) is 0 Å². The number of hydrogen-bond acceptors (Lipinski definition) is 5. The molecule has 180 valence electrons. The van der Waals surface area contributed by atoms with Gasteiger partial charge in [-0.2, -0.15) is 0 Å². The smallest absolute Gasteiger partial charge is 0.321 e. The first kappa shape index (κ1) is 23.2. The molecule has 2 N–H and O–H groups in total. The van der Waals surface area contributed by atoms with Crippen LogP contribution in [0.4, 0.5) is 10.7 Å². The van der Waals surface area contributed by atoms with Crippen LogP contribution in [-0.2, 0) is 6.42 Å². The molecule has 2 amide bonds. The van der Waals surface area contributed by atoms with E-state index < -0.39 is 6.03 Å². The Morgan fingerprint density at radius 3 is 2.74 bits per heavy atom. The number of benzene rings is 2. The van der Waals surface area contributed by atoms with Crippen LogP contribution >= 0.6 is 15.9 Å². The van der Waals surface area contributed by atoms with Gasteiger partial charge in [0.15, 0.2) is 6.23 Å². The maximum absolute atomic E-state index is 12.1. The summed E-state index contributed by atoms with van der Waals surface area (Å²) in [6.45, 7) is 5.69. The Labute approximate surface area is 208 Å². The number of aryl methyl sites for hydroxylation is 1. The molecule has 0 bridgehead atoms. The number of piperazine rings is 1. The van der Waals surface area contributed by atoms with Crippen LogP contribution < -0.4 is 15.4 Å². The Kier molecular flexibility index (Phi) is 7.08. The fourth-order valence-corrected chi connectivity index (χ4v) is 5.29. The van der Waals surface area contributed by atoms with Crippen molar-refractivity contribution in [3.63, 3.8) is 0 Å². The first-order valence-corrected chi connectivity index (χ1v) is 12.8. The highest BCUT2D eigenvalue weighted by atomic mass is 79.9. The number of unbranched alkanes of at least 4 members (excludes halogenated alkanes) is 1. The highest BCUT2D eigenvalue weighted by Gasteiger charge is 2.28. The number of hydrogen-bond donors (Lipinski definition) is 1. The van der Waals surface area contributed by atoms with Crippen LogP contribution in [0.2, 0.25) is 0 Å². The molecular formula is C26H31BrN4O3. The number of carbonyl (C=O) groups is 1. The van der Waals surface area contributed by atoms with Crippen LogP contribution in [0.5, 0.6) is 5.75 Å². The largest absolute Gasteiger partial charge is 0.475 e. The van der Waals surface area contributed by atoms with Crippen LogP contribution in [0, 0.1) is 0 Å². The molecule has 5 rings (SSSR count). The summed E-state index contributed by atoms with van der Waals surface area (Å²) in [5.41, 5.74) is 7.71. The van der Waals surface area contributed by atoms with Crippen molar-refractivity contribution in [3.05, 3.63) is 58.6 Å². The summed E-state index contributed by atoms with van der Waals surface area (Å²) in [5.74, 6) is 1.54. The molecule has 2 aliphatic heterocycles. The lowest BCUT2D eigenvalue weighted by atomic mass is 10.0. The predicted molar refractivity (Wildman–Crippen MR) is 137 cm³/mol. The summed E-state index contributed by atoms with van der Waals surface area (Å²) < 4.78 is 13.1. The molecule has 7 nitrogen and oxygen atoms in total. The molecular weight excluding hydrogens is 496 g/mol. The lowest BCUT2D eigenvalue weighted by Crippen LogP contribution is -2.52. The normalized spacial score (nSPS) is 19.0. The summed E-state index contributed by atoms with van der Waals surface area (Å²) in [6.07, 6.45) is 4.19. The molecule has 0 aliphatic carbocycles. The molecule has 2 aliphatic rings. The van der Waals surface area contributed by atoms with Gasteiger partial charge in [0.25, 0.3) is 0 Å². The van der Waals surface area contributed by atoms with Gasteiger partial charge in [-0.25, -0.2) is 4.79 Å². The number of carbonyl (C=O) groups excluding carboxylic acids is 1. The van der Waals surface area contributed by atoms with E-state index >= 15 is 0 Å². The van der Waals surface area contributed by atoms with E-state index in [1.54, 1.807) is 0 Å². The highest BCUT2D eigenvalue weighted by molar-refractivity contribution is 9.10. The molecule has 2 aromatic carbocycles. The van der Waals surface area contributed by atoms with Crippen molar-refractivity contribution in [2.24, 2.45) is 5.73 Å². The summed E-state index contributed by atoms with van der Waals surface area (Å²) in [6, 6.07) is 15.5. The Bertz CT molecular complexity index is 1140. The second-order valence-corrected chi connectivity index (χ2v) is 9.98. The van der Waals surface area contributed by atoms with E-state index in [4.69, 9.17) is 14.9 Å². The average Bonchev–Trinajstić information content (AvgIpc) is 3.26. The molecule has 8 heteroatoms. The van der Waals surface area contributed by atoms with Gasteiger partial charge in [-0.1, -0.05) is 34.1 Å². The third-order valence-electron chi connectivity index (χ3n) is 6.81. The summed E-state index contributed by atoms with van der Waals surface area (Å²) in [5, 5.41) is 0.943. The number of rotatable bonds is 7. The molecule has 1 atom stereocenters. The van der Waals surface area contributed by atoms with Crippen molar-refractivity contribution in [3.8, 4) is 5.75 Å². The highest BCUT2D eigenvalue weighted by Crippen LogP contribution is 2.30. The minimum atomic E-state index is -0.485. The fraction of sp³-hybridized carbons (Fsp3) is 0.423. The van der Waals surface area contributed by atoms with Crippen molar-refractivity contribution in [2.75, 3.05) is 44.2 Å². The summed E-state index contributed by atoms with van der Waals surface area (Å²) >= 11 is 3.47. The third kappa shape index (κ3) is 5.24. The van der Waals surface area contributed by atoms with Crippen LogP contribution in [0.3, 0.4) is 0 Å². The number of furan rings is 1. The van der Waals surface area contributed by atoms with Crippen molar-refractivity contribution < 1.29 is 13.9 Å². The summed E-state index contributed by atoms with van der Waals surface area (Å²) in [4.78, 5) is 18.6. The maximum Gasteiger partial charge on any atom is 0.321 e. The topological polar surface area (TPSA) is 75.2 Å². The molecule has 0 spiro atoms. The predicted octanol–water partition coefficient (Wildman–Crippen LogP) is 4.83. The third-order valence-corrected chi connectivity index (χ3v) is 7.31. The molecule has 1 saturated heterocycles. The van der Waals surface area contributed by atoms with Gasteiger partial charge in [0.1, 0.15) is 11.3 Å². The van der Waals surface area contributed by atoms with Crippen LogP contribution in [-0.4, -0.2) is 61.3 Å². The van der Waals surface area contributed by atoms with Gasteiger partial charge in [-0.3, -0.25) is 9.80 Å². The van der Waals surface area contributed by atoms with Gasteiger partial charge >= 0.3 is 6.03 Å². The van der Waals surface area contributed by atoms with Crippen LogP contribution in [0.25, 0.3) is 11.0 Å². The minimum absolute atomic E-state index is 0.186. The number of fused-ring (bicyclic) bond motifs is 2. The van der Waals surface area contributed by atoms with Crippen LogP contribution in [0.15, 0.2) is 57.4 Å². The van der Waals surface area contributed by atoms with Crippen molar-refractivity contribution in [1.29, 1.82) is 0 Å². The van der Waals surface area contributed by atoms with E-state index in [-0.39, 0.29) is 6.23 Å². The number of ether oxygens (including phenoxy) is 1. The zero-order valence-corrected chi connectivity index (χ0v) is 20.9. The van der Waals surface area contributed by atoms with E-state index in [9.17, 15) is 4.79 Å². The number of anilines is 1. The van der Waals surface area contributed by atoms with Gasteiger partial charge in [0, 0.05) is 55.1 Å². The van der Waals surface area contributed by atoms with E-state index in [0.717, 1.165) is 79.6 Å². The van der Waals surface area contributed by atoms with Crippen LogP contribution in [0.1, 0.15) is 24.8 Å². The molecule has 0 saturated carbocycles. The lowest BCUT2D eigenvalue weighted by molar-refractivity contribution is -0.0196. The summed E-state index contributed by atoms with van der Waals surface area (Å²) in [7, 11) is 0. The zero-order chi connectivity index (χ0) is 23.5. The number of amides is 2. The Balaban J connectivity index is 1.07. The van der Waals surface area contributed by atoms with E-state index in [2.05, 4.69) is 43.9 Å². The zero-order valence-electron chi connectivity index (χ0n) is 19.3. The lowest BCUT2D eigenvalue weighted by Gasteiger charge is -2.40. The maximum atomic E-state index is 12.1. The number of primary amides is 1. The first-order chi connectivity index (χ1) is 16.6. The molecule has 1 aromatic heterocycles. The monoisotopic (exact) mass is 526 g/mol. The number of nitrogens with two attached hydrogens (primary N) is 1. The second-order valence-electron chi connectivity index (χ2n) is 9.06. The number of urea groups is 1. The quantitative estimate of drug-likeness (QED) is 0.446. The average molecular weight is 527 g/mol. The van der Waals surface area contributed by atoms with E-state index in [1.165, 1.54) is 10.5 Å².